The molecule has 0 amide bonds. The molecule has 22 heavy (non-hydrogen) atoms. The molecule has 0 spiro atoms. The molecule has 2 nitrogen and oxygen atoms in total. The van der Waals surface area contributed by atoms with Crippen LogP contribution in [0.1, 0.15) is 58.8 Å². The molecule has 0 rings (SSSR count). The lowest BCUT2D eigenvalue weighted by Crippen LogP contribution is -2.15. The fourth-order valence-corrected chi connectivity index (χ4v) is 2.40. The molecule has 0 saturated heterocycles. The second-order valence-corrected chi connectivity index (χ2v) is 6.51. The Hall–Kier alpha value is -0.535. The summed E-state index contributed by atoms with van der Waals surface area (Å²) in [5.74, 6) is 0. The third-order valence-electron chi connectivity index (χ3n) is 3.88. The molecule has 0 heterocycles. The number of allylic oxidation sites excluding steroid dienone is 3. The van der Waals surface area contributed by atoms with Crippen LogP contribution in [0.15, 0.2) is 23.3 Å². The summed E-state index contributed by atoms with van der Waals surface area (Å²) < 4.78 is 5.71. The van der Waals surface area contributed by atoms with Crippen LogP contribution >= 0.6 is 0 Å². The van der Waals surface area contributed by atoms with Crippen molar-refractivity contribution < 1.29 is 4.74 Å². The fraction of sp³-hybridized carbons (Fsp3) is 0.789. The van der Waals surface area contributed by atoms with E-state index in [9.17, 15) is 0 Å². The summed E-state index contributed by atoms with van der Waals surface area (Å²) in [6.45, 7) is 7.20. The smallest absolute Gasteiger partial charge is 0.106 e. The van der Waals surface area contributed by atoms with Gasteiger partial charge >= 0.3 is 0 Å². The molecule has 0 radical (unpaired) electrons. The third kappa shape index (κ3) is 14.4. The van der Waals surface area contributed by atoms with E-state index in [0.717, 1.165) is 32.6 Å². The van der Waals surface area contributed by atoms with Crippen LogP contribution in [0.25, 0.3) is 0 Å². The van der Waals surface area contributed by atoms with Crippen LogP contribution in [0.3, 0.4) is 0 Å². The second-order valence-electron chi connectivity index (χ2n) is 6.51. The predicted molar refractivity (Wildman–Crippen MR) is 103 cm³/mol. The summed E-state index contributed by atoms with van der Waals surface area (Å²) >= 11 is 0. The van der Waals surface area contributed by atoms with E-state index >= 15 is 0 Å². The fourth-order valence-electron chi connectivity index (χ4n) is 2.40. The number of nitrogens with zero attached hydrogens (tertiary/aromatic N) is 1. The average Bonchev–Trinajstić information content (AvgIpc) is 2.49. The lowest BCUT2D eigenvalue weighted by Gasteiger charge is -2.09. The highest BCUT2D eigenvalue weighted by Crippen LogP contribution is 2.13. The van der Waals surface area contributed by atoms with Crippen molar-refractivity contribution in [1.82, 2.24) is 4.90 Å². The minimum Gasteiger partial charge on any atom is -0.377 e. The zero-order valence-corrected chi connectivity index (χ0v) is 15.8. The Morgan fingerprint density at radius 1 is 1.09 bits per heavy atom. The van der Waals surface area contributed by atoms with Gasteiger partial charge in [0.15, 0.2) is 0 Å². The molecule has 0 unspecified atom stereocenters. The summed E-state index contributed by atoms with van der Waals surface area (Å²) in [5, 5.41) is 0. The maximum atomic E-state index is 5.71. The van der Waals surface area contributed by atoms with Crippen molar-refractivity contribution >= 4 is 7.85 Å². The molecule has 0 aromatic carbocycles. The normalized spacial score (nSPS) is 13.1. The third-order valence-corrected chi connectivity index (χ3v) is 3.88. The molecule has 128 valence electrons. The van der Waals surface area contributed by atoms with Gasteiger partial charge in [0, 0.05) is 6.61 Å². The number of rotatable bonds is 14. The quantitative estimate of drug-likeness (QED) is 0.270. The van der Waals surface area contributed by atoms with Crippen LogP contribution in [-0.4, -0.2) is 46.6 Å². The molecule has 0 fully saturated rings. The van der Waals surface area contributed by atoms with E-state index in [0.29, 0.717) is 0 Å². The summed E-state index contributed by atoms with van der Waals surface area (Å²) in [6, 6.07) is 0. The van der Waals surface area contributed by atoms with Crippen LogP contribution in [0.2, 0.25) is 6.32 Å². The molecule has 0 aliphatic heterocycles. The molecule has 0 atom stereocenters. The zero-order valence-electron chi connectivity index (χ0n) is 15.8. The molecule has 0 aromatic heterocycles. The zero-order chi connectivity index (χ0) is 16.6. The van der Waals surface area contributed by atoms with Gasteiger partial charge in [0.25, 0.3) is 0 Å². The molecule has 0 saturated carbocycles. The van der Waals surface area contributed by atoms with Gasteiger partial charge in [-0.05, 0) is 59.7 Å². The van der Waals surface area contributed by atoms with Gasteiger partial charge in [0.1, 0.15) is 7.85 Å². The molecule has 3 heteroatoms. The van der Waals surface area contributed by atoms with E-state index < -0.39 is 0 Å². The number of ether oxygens (including phenoxy) is 1. The lowest BCUT2D eigenvalue weighted by molar-refractivity contribution is 0.146. The van der Waals surface area contributed by atoms with Gasteiger partial charge in [-0.2, -0.15) is 0 Å². The molecule has 0 aliphatic rings. The molecule has 0 N–H and O–H groups in total. The van der Waals surface area contributed by atoms with E-state index in [1.54, 1.807) is 5.57 Å². The van der Waals surface area contributed by atoms with Crippen LogP contribution in [0, 0.1) is 0 Å². The maximum absolute atomic E-state index is 5.71. The Kier molecular flexibility index (Phi) is 15.0. The van der Waals surface area contributed by atoms with Gasteiger partial charge in [-0.1, -0.05) is 49.4 Å². The van der Waals surface area contributed by atoms with E-state index in [1.165, 1.54) is 44.0 Å². The predicted octanol–water partition coefficient (Wildman–Crippen LogP) is 4.24. The Bertz CT molecular complexity index is 311. The topological polar surface area (TPSA) is 12.5 Å². The van der Waals surface area contributed by atoms with Gasteiger partial charge in [-0.3, -0.25) is 0 Å². The van der Waals surface area contributed by atoms with Crippen molar-refractivity contribution in [2.24, 2.45) is 0 Å². The largest absolute Gasteiger partial charge is 0.377 e. The van der Waals surface area contributed by atoms with Crippen molar-refractivity contribution in [3.05, 3.63) is 23.3 Å². The van der Waals surface area contributed by atoms with Crippen molar-refractivity contribution in [3.63, 3.8) is 0 Å². The molecule has 0 bridgehead atoms. The molecular formula is C19H38BNO. The highest BCUT2D eigenvalue weighted by Gasteiger charge is 1.96. The van der Waals surface area contributed by atoms with Crippen molar-refractivity contribution in [2.75, 3.05) is 33.9 Å². The lowest BCUT2D eigenvalue weighted by atomic mass is 9.92. The van der Waals surface area contributed by atoms with Gasteiger partial charge in [-0.15, -0.1) is 0 Å². The average molecular weight is 307 g/mol. The van der Waals surface area contributed by atoms with Crippen LogP contribution in [0.4, 0.5) is 0 Å². The van der Waals surface area contributed by atoms with Gasteiger partial charge in [-0.25, -0.2) is 0 Å². The van der Waals surface area contributed by atoms with E-state index in [2.05, 4.69) is 52.8 Å². The maximum Gasteiger partial charge on any atom is 0.106 e. The number of hydrogen-bond donors (Lipinski definition) is 0. The Morgan fingerprint density at radius 2 is 1.86 bits per heavy atom. The van der Waals surface area contributed by atoms with Gasteiger partial charge in [0.2, 0.25) is 0 Å². The highest BCUT2D eigenvalue weighted by molar-refractivity contribution is 6.10. The minimum atomic E-state index is 0.787. The Labute approximate surface area is 140 Å². The van der Waals surface area contributed by atoms with E-state index in [4.69, 9.17) is 4.74 Å². The van der Waals surface area contributed by atoms with Crippen LogP contribution in [0.5, 0.6) is 0 Å². The molecular weight excluding hydrogens is 269 g/mol. The van der Waals surface area contributed by atoms with Gasteiger partial charge < -0.3 is 9.64 Å². The summed E-state index contributed by atoms with van der Waals surface area (Å²) in [5.41, 5.74) is 2.98. The Balaban J connectivity index is 3.78. The first kappa shape index (κ1) is 21.5. The summed E-state index contributed by atoms with van der Waals surface area (Å²) in [7, 11) is 6.48. The van der Waals surface area contributed by atoms with E-state index in [1.807, 2.05) is 0 Å². The second kappa shape index (κ2) is 15.4. The van der Waals surface area contributed by atoms with Crippen LogP contribution < -0.4 is 0 Å². The van der Waals surface area contributed by atoms with Crippen molar-refractivity contribution in [3.8, 4) is 0 Å². The summed E-state index contributed by atoms with van der Waals surface area (Å²) in [6.07, 6.45) is 14.8. The summed E-state index contributed by atoms with van der Waals surface area (Å²) in [4.78, 5) is 2.20. The molecule has 0 aromatic rings. The first-order valence-corrected chi connectivity index (χ1v) is 9.16. The SMILES string of the molecule is BC/C(=C/CCCCC)CC/C=C(\C)COCCCN(C)C. The van der Waals surface area contributed by atoms with Gasteiger partial charge in [0.05, 0.1) is 6.61 Å². The molecule has 0 aliphatic carbocycles. The van der Waals surface area contributed by atoms with Crippen molar-refractivity contribution in [2.45, 2.75) is 65.1 Å². The van der Waals surface area contributed by atoms with Crippen LogP contribution in [-0.2, 0) is 4.74 Å². The van der Waals surface area contributed by atoms with E-state index in [-0.39, 0.29) is 0 Å². The number of unbranched alkanes of at least 4 members (excludes halogenated alkanes) is 3. The highest BCUT2D eigenvalue weighted by atomic mass is 16.5. The standard InChI is InChI=1S/C19H38BNO/c1-5-6-7-8-12-19(16-20)13-9-11-18(2)17-22-15-10-14-21(3)4/h11-12H,5-10,13-17,20H2,1-4H3/b18-11+,19-12+. The Morgan fingerprint density at radius 3 is 2.50 bits per heavy atom. The van der Waals surface area contributed by atoms with Crippen molar-refractivity contribution in [1.29, 1.82) is 0 Å². The monoisotopic (exact) mass is 307 g/mol. The first-order valence-electron chi connectivity index (χ1n) is 9.16. The first-order chi connectivity index (χ1) is 10.6. The minimum absolute atomic E-state index is 0.787. The number of hydrogen-bond acceptors (Lipinski definition) is 2.